The molecule has 1 amide bonds. The van der Waals surface area contributed by atoms with Crippen molar-refractivity contribution in [2.24, 2.45) is 0 Å². The predicted molar refractivity (Wildman–Crippen MR) is 91.3 cm³/mol. The second-order valence-corrected chi connectivity index (χ2v) is 5.97. The second kappa shape index (κ2) is 7.58. The Hall–Kier alpha value is -2.51. The van der Waals surface area contributed by atoms with Gasteiger partial charge in [0.2, 0.25) is 0 Å². The van der Waals surface area contributed by atoms with Gasteiger partial charge in [-0.25, -0.2) is 4.98 Å². The number of carbonyl (C=O) groups is 1. The Morgan fingerprint density at radius 2 is 2.16 bits per heavy atom. The molecule has 0 spiro atoms. The number of amides is 1. The molecular weight excluding hydrogens is 322 g/mol. The number of H-pyrrole nitrogens is 1. The molecular formula is C18H21N3O4. The van der Waals surface area contributed by atoms with Crippen molar-refractivity contribution < 1.29 is 14.3 Å². The molecule has 7 nitrogen and oxygen atoms in total. The number of aryl methyl sites for hydroxylation is 1. The maximum Gasteiger partial charge on any atom is 0.254 e. The molecule has 1 atom stereocenters. The van der Waals surface area contributed by atoms with Gasteiger partial charge in [-0.15, -0.1) is 0 Å². The zero-order chi connectivity index (χ0) is 17.8. The highest BCUT2D eigenvalue weighted by molar-refractivity contribution is 5.94. The number of carbonyl (C=O) groups excluding carboxylic acids is 1. The molecule has 7 heteroatoms. The van der Waals surface area contributed by atoms with Gasteiger partial charge in [-0.2, -0.15) is 0 Å². The molecule has 3 rings (SSSR count). The first-order valence-corrected chi connectivity index (χ1v) is 8.13. The Balaban J connectivity index is 1.87. The first kappa shape index (κ1) is 17.3. The minimum atomic E-state index is -0.374. The topological polar surface area (TPSA) is 84.5 Å². The first-order valence-electron chi connectivity index (χ1n) is 8.13. The Morgan fingerprint density at radius 1 is 1.40 bits per heavy atom. The number of rotatable bonds is 4. The normalized spacial score (nSPS) is 17.5. The molecule has 1 N–H and O–H groups in total. The first-order chi connectivity index (χ1) is 12.1. The van der Waals surface area contributed by atoms with Crippen LogP contribution in [0.1, 0.15) is 33.5 Å². The van der Waals surface area contributed by atoms with E-state index in [1.165, 1.54) is 6.07 Å². The molecule has 25 heavy (non-hydrogen) atoms. The molecule has 0 radical (unpaired) electrons. The highest BCUT2D eigenvalue weighted by Gasteiger charge is 2.30. The van der Waals surface area contributed by atoms with Crippen LogP contribution >= 0.6 is 0 Å². The van der Waals surface area contributed by atoms with Gasteiger partial charge in [0.05, 0.1) is 31.6 Å². The molecule has 0 aliphatic carbocycles. The standard InChI is InChI=1S/C18H21N3O4/c1-12-19-15(9-17(22)20-12)16-11-25-8-7-21(16)18(23)14-5-3-13(4-6-14)10-24-2/h3-6,9,16H,7-8,10-11H2,1-2H3,(H,19,20,22). The van der Waals surface area contributed by atoms with Crippen LogP contribution in [0.4, 0.5) is 0 Å². The number of aromatic amines is 1. The van der Waals surface area contributed by atoms with Crippen molar-refractivity contribution in [2.45, 2.75) is 19.6 Å². The van der Waals surface area contributed by atoms with Gasteiger partial charge in [0.25, 0.3) is 11.5 Å². The third kappa shape index (κ3) is 3.94. The second-order valence-electron chi connectivity index (χ2n) is 5.97. The maximum absolute atomic E-state index is 12.9. The zero-order valence-electron chi connectivity index (χ0n) is 14.3. The van der Waals surface area contributed by atoms with E-state index in [4.69, 9.17) is 9.47 Å². The molecule has 1 saturated heterocycles. The number of aromatic nitrogens is 2. The SMILES string of the molecule is COCc1ccc(C(=O)N2CCOCC2c2cc(=O)[nH]c(C)n2)cc1. The van der Waals surface area contributed by atoms with Gasteiger partial charge < -0.3 is 19.4 Å². The van der Waals surface area contributed by atoms with E-state index in [1.807, 2.05) is 12.1 Å². The monoisotopic (exact) mass is 343 g/mol. The van der Waals surface area contributed by atoms with Crippen molar-refractivity contribution in [1.29, 1.82) is 0 Å². The summed E-state index contributed by atoms with van der Waals surface area (Å²) >= 11 is 0. The van der Waals surface area contributed by atoms with Gasteiger partial charge >= 0.3 is 0 Å². The number of nitrogens with one attached hydrogen (secondary N) is 1. The van der Waals surface area contributed by atoms with E-state index in [1.54, 1.807) is 31.1 Å². The molecule has 1 aliphatic rings. The number of ether oxygens (including phenoxy) is 2. The lowest BCUT2D eigenvalue weighted by Crippen LogP contribution is -2.44. The number of methoxy groups -OCH3 is 1. The van der Waals surface area contributed by atoms with Crippen LogP contribution in [0.3, 0.4) is 0 Å². The predicted octanol–water partition coefficient (Wildman–Crippen LogP) is 1.44. The lowest BCUT2D eigenvalue weighted by molar-refractivity contribution is -0.00401. The Labute approximate surface area is 145 Å². The Bertz CT molecular complexity index is 801. The smallest absolute Gasteiger partial charge is 0.254 e. The van der Waals surface area contributed by atoms with Crippen molar-refractivity contribution in [2.75, 3.05) is 26.9 Å². The number of nitrogens with zero attached hydrogens (tertiary/aromatic N) is 2. The van der Waals surface area contributed by atoms with Crippen LogP contribution in [-0.4, -0.2) is 47.6 Å². The molecule has 0 bridgehead atoms. The molecule has 1 aromatic heterocycles. The number of hydrogen-bond acceptors (Lipinski definition) is 5. The van der Waals surface area contributed by atoms with Crippen LogP contribution in [0, 0.1) is 6.92 Å². The molecule has 2 heterocycles. The average Bonchev–Trinajstić information content (AvgIpc) is 2.61. The van der Waals surface area contributed by atoms with Crippen LogP contribution in [0.15, 0.2) is 35.1 Å². The van der Waals surface area contributed by atoms with Crippen molar-refractivity contribution in [3.8, 4) is 0 Å². The lowest BCUT2D eigenvalue weighted by Gasteiger charge is -2.35. The molecule has 1 fully saturated rings. The van der Waals surface area contributed by atoms with Gasteiger partial charge in [-0.3, -0.25) is 9.59 Å². The summed E-state index contributed by atoms with van der Waals surface area (Å²) in [5, 5.41) is 0. The van der Waals surface area contributed by atoms with Crippen molar-refractivity contribution in [1.82, 2.24) is 14.9 Å². The summed E-state index contributed by atoms with van der Waals surface area (Å²) < 4.78 is 10.6. The van der Waals surface area contributed by atoms with Crippen LogP contribution in [0.25, 0.3) is 0 Å². The fraction of sp³-hybridized carbons (Fsp3) is 0.389. The lowest BCUT2D eigenvalue weighted by atomic mass is 10.1. The minimum absolute atomic E-state index is 0.1000. The highest BCUT2D eigenvalue weighted by Crippen LogP contribution is 2.24. The fourth-order valence-corrected chi connectivity index (χ4v) is 2.94. The van der Waals surface area contributed by atoms with E-state index in [-0.39, 0.29) is 17.5 Å². The van der Waals surface area contributed by atoms with Crippen LogP contribution in [0.5, 0.6) is 0 Å². The van der Waals surface area contributed by atoms with E-state index in [0.717, 1.165) is 5.56 Å². The van der Waals surface area contributed by atoms with E-state index in [0.29, 0.717) is 43.4 Å². The number of morpholine rings is 1. The number of benzene rings is 1. The summed E-state index contributed by atoms with van der Waals surface area (Å²) in [6.07, 6.45) is 0. The molecule has 2 aromatic rings. The number of hydrogen-bond donors (Lipinski definition) is 1. The van der Waals surface area contributed by atoms with Crippen LogP contribution in [0.2, 0.25) is 0 Å². The molecule has 1 aromatic carbocycles. The summed E-state index contributed by atoms with van der Waals surface area (Å²) in [5.74, 6) is 0.418. The van der Waals surface area contributed by atoms with Gasteiger partial charge in [0.15, 0.2) is 0 Å². The minimum Gasteiger partial charge on any atom is -0.380 e. The third-order valence-corrected chi connectivity index (χ3v) is 4.12. The van der Waals surface area contributed by atoms with Gasteiger partial charge in [-0.05, 0) is 24.6 Å². The molecule has 132 valence electrons. The van der Waals surface area contributed by atoms with E-state index < -0.39 is 0 Å². The summed E-state index contributed by atoms with van der Waals surface area (Å²) in [4.78, 5) is 33.4. The summed E-state index contributed by atoms with van der Waals surface area (Å²) in [7, 11) is 1.63. The fourth-order valence-electron chi connectivity index (χ4n) is 2.94. The quantitative estimate of drug-likeness (QED) is 0.908. The van der Waals surface area contributed by atoms with E-state index >= 15 is 0 Å². The summed E-state index contributed by atoms with van der Waals surface area (Å²) in [5.41, 5.74) is 1.91. The molecule has 0 saturated carbocycles. The molecule has 1 aliphatic heterocycles. The summed E-state index contributed by atoms with van der Waals surface area (Å²) in [6.45, 7) is 3.46. The van der Waals surface area contributed by atoms with E-state index in [9.17, 15) is 9.59 Å². The van der Waals surface area contributed by atoms with Crippen LogP contribution in [-0.2, 0) is 16.1 Å². The highest BCUT2D eigenvalue weighted by atomic mass is 16.5. The van der Waals surface area contributed by atoms with Crippen molar-refractivity contribution in [3.05, 3.63) is 63.3 Å². The van der Waals surface area contributed by atoms with Crippen molar-refractivity contribution >= 4 is 5.91 Å². The van der Waals surface area contributed by atoms with Gasteiger partial charge in [0, 0.05) is 25.3 Å². The Morgan fingerprint density at radius 3 is 2.84 bits per heavy atom. The van der Waals surface area contributed by atoms with Gasteiger partial charge in [0.1, 0.15) is 5.82 Å². The summed E-state index contributed by atoms with van der Waals surface area (Å²) in [6, 6.07) is 8.39. The van der Waals surface area contributed by atoms with Gasteiger partial charge in [-0.1, -0.05) is 12.1 Å². The Kier molecular flexibility index (Phi) is 5.25. The molecule has 1 unspecified atom stereocenters. The van der Waals surface area contributed by atoms with Crippen LogP contribution < -0.4 is 5.56 Å². The third-order valence-electron chi connectivity index (χ3n) is 4.12. The average molecular weight is 343 g/mol. The zero-order valence-corrected chi connectivity index (χ0v) is 14.3. The van der Waals surface area contributed by atoms with Crippen molar-refractivity contribution in [3.63, 3.8) is 0 Å². The van der Waals surface area contributed by atoms with E-state index in [2.05, 4.69) is 9.97 Å². The maximum atomic E-state index is 12.9. The largest absolute Gasteiger partial charge is 0.380 e.